The lowest BCUT2D eigenvalue weighted by atomic mass is 9.98. The van der Waals surface area contributed by atoms with E-state index in [2.05, 4.69) is 34.9 Å². The highest BCUT2D eigenvalue weighted by Gasteiger charge is 2.35. The predicted octanol–water partition coefficient (Wildman–Crippen LogP) is 4.06. The number of carbonyl (C=O) groups is 3. The van der Waals surface area contributed by atoms with Gasteiger partial charge in [0.05, 0.1) is 5.92 Å². The molecule has 0 aliphatic heterocycles. The quantitative estimate of drug-likeness (QED) is 0.563. The molecule has 33 heavy (non-hydrogen) atoms. The van der Waals surface area contributed by atoms with Crippen LogP contribution in [0.4, 0.5) is 4.79 Å². The molecule has 0 radical (unpaired) electrons. The van der Waals surface area contributed by atoms with Crippen LogP contribution in [0.5, 0.6) is 0 Å². The lowest BCUT2D eigenvalue weighted by molar-refractivity contribution is -0.142. The Hall–Kier alpha value is -3.35. The van der Waals surface area contributed by atoms with Gasteiger partial charge < -0.3 is 20.5 Å². The molecule has 2 amide bonds. The molecule has 3 atom stereocenters. The fraction of sp³-hybridized carbons (Fsp3) is 0.423. The van der Waals surface area contributed by atoms with E-state index < -0.39 is 30.1 Å². The Kier molecular flexibility index (Phi) is 6.96. The largest absolute Gasteiger partial charge is 0.481 e. The van der Waals surface area contributed by atoms with Gasteiger partial charge in [-0.1, -0.05) is 68.3 Å². The zero-order valence-corrected chi connectivity index (χ0v) is 18.8. The zero-order chi connectivity index (χ0) is 23.4. The highest BCUT2D eigenvalue weighted by molar-refractivity contribution is 5.86. The van der Waals surface area contributed by atoms with Crippen LogP contribution in [0.3, 0.4) is 0 Å². The number of hydrogen-bond acceptors (Lipinski definition) is 4. The number of carbonyl (C=O) groups excluding carboxylic acids is 2. The topological polar surface area (TPSA) is 105 Å². The van der Waals surface area contributed by atoms with Crippen molar-refractivity contribution in [3.8, 4) is 11.1 Å². The smallest absolute Gasteiger partial charge is 0.407 e. The Morgan fingerprint density at radius 2 is 1.67 bits per heavy atom. The number of amides is 2. The predicted molar refractivity (Wildman–Crippen MR) is 124 cm³/mol. The first kappa shape index (κ1) is 22.8. The third-order valence-electron chi connectivity index (χ3n) is 6.69. The molecule has 1 fully saturated rings. The monoisotopic (exact) mass is 450 g/mol. The van der Waals surface area contributed by atoms with Crippen molar-refractivity contribution >= 4 is 18.0 Å². The van der Waals surface area contributed by atoms with Crippen LogP contribution in [-0.2, 0) is 14.3 Å². The lowest BCUT2D eigenvalue weighted by Crippen LogP contribution is -2.51. The van der Waals surface area contributed by atoms with Crippen molar-refractivity contribution in [2.75, 3.05) is 6.61 Å². The molecule has 2 aliphatic carbocycles. The van der Waals surface area contributed by atoms with Gasteiger partial charge in [-0.15, -0.1) is 0 Å². The van der Waals surface area contributed by atoms with Gasteiger partial charge in [-0.25, -0.2) is 4.79 Å². The molecule has 174 valence electrons. The highest BCUT2D eigenvalue weighted by Crippen LogP contribution is 2.44. The Labute approximate surface area is 193 Å². The Bertz CT molecular complexity index is 991. The van der Waals surface area contributed by atoms with E-state index in [1.807, 2.05) is 31.2 Å². The van der Waals surface area contributed by atoms with Crippen LogP contribution in [0.25, 0.3) is 11.1 Å². The number of alkyl carbamates (subject to hydrolysis) is 1. The van der Waals surface area contributed by atoms with E-state index in [0.29, 0.717) is 25.7 Å². The van der Waals surface area contributed by atoms with Crippen molar-refractivity contribution in [3.63, 3.8) is 0 Å². The maximum atomic E-state index is 12.8. The summed E-state index contributed by atoms with van der Waals surface area (Å²) in [5, 5.41) is 14.9. The van der Waals surface area contributed by atoms with E-state index >= 15 is 0 Å². The van der Waals surface area contributed by atoms with E-state index in [1.54, 1.807) is 0 Å². The molecule has 0 heterocycles. The first-order valence-corrected chi connectivity index (χ1v) is 11.6. The van der Waals surface area contributed by atoms with Crippen molar-refractivity contribution < 1.29 is 24.2 Å². The van der Waals surface area contributed by atoms with Gasteiger partial charge in [-0.05, 0) is 41.5 Å². The third-order valence-corrected chi connectivity index (χ3v) is 6.69. The molecule has 4 rings (SSSR count). The highest BCUT2D eigenvalue weighted by atomic mass is 16.5. The number of ether oxygens (including phenoxy) is 1. The second-order valence-electron chi connectivity index (χ2n) is 8.80. The van der Waals surface area contributed by atoms with Crippen molar-refractivity contribution in [1.82, 2.24) is 10.6 Å². The molecule has 3 N–H and O–H groups in total. The summed E-state index contributed by atoms with van der Waals surface area (Å²) in [4.78, 5) is 36.8. The molecule has 7 heteroatoms. The molecule has 2 aromatic rings. The van der Waals surface area contributed by atoms with E-state index in [1.165, 1.54) is 0 Å². The first-order valence-electron chi connectivity index (χ1n) is 11.6. The molecular formula is C26H30N2O5. The molecule has 0 saturated heterocycles. The molecular weight excluding hydrogens is 420 g/mol. The van der Waals surface area contributed by atoms with Crippen LogP contribution in [0.15, 0.2) is 48.5 Å². The number of hydrogen-bond donors (Lipinski definition) is 3. The Morgan fingerprint density at radius 3 is 2.27 bits per heavy atom. The molecule has 0 bridgehead atoms. The average Bonchev–Trinajstić information content (AvgIpc) is 3.40. The van der Waals surface area contributed by atoms with E-state index in [-0.39, 0.29) is 18.4 Å². The van der Waals surface area contributed by atoms with E-state index in [9.17, 15) is 19.5 Å². The Morgan fingerprint density at radius 1 is 1.03 bits per heavy atom. The summed E-state index contributed by atoms with van der Waals surface area (Å²) in [6.07, 6.45) is 2.44. The van der Waals surface area contributed by atoms with Gasteiger partial charge in [0, 0.05) is 12.0 Å². The molecule has 2 aromatic carbocycles. The number of nitrogens with one attached hydrogen (secondary N) is 2. The van der Waals surface area contributed by atoms with Crippen molar-refractivity contribution in [2.45, 2.75) is 57.0 Å². The van der Waals surface area contributed by atoms with Crippen LogP contribution in [0.1, 0.15) is 56.1 Å². The number of carboxylic acid groups (broad SMARTS) is 1. The summed E-state index contributed by atoms with van der Waals surface area (Å²) in [6, 6.07) is 15.0. The molecule has 0 aromatic heterocycles. The van der Waals surface area contributed by atoms with Crippen molar-refractivity contribution in [1.29, 1.82) is 0 Å². The summed E-state index contributed by atoms with van der Waals surface area (Å²) in [5.41, 5.74) is 4.54. The van der Waals surface area contributed by atoms with Gasteiger partial charge in [0.25, 0.3) is 0 Å². The molecule has 1 saturated carbocycles. The second kappa shape index (κ2) is 10.1. The third kappa shape index (κ3) is 4.87. The normalized spacial score (nSPS) is 19.9. The average molecular weight is 451 g/mol. The van der Waals surface area contributed by atoms with Crippen LogP contribution in [-0.4, -0.2) is 41.8 Å². The number of fused-ring (bicyclic) bond motifs is 3. The van der Waals surface area contributed by atoms with Gasteiger partial charge in [0.15, 0.2) is 0 Å². The van der Waals surface area contributed by atoms with Crippen molar-refractivity contribution in [2.24, 2.45) is 5.92 Å². The lowest BCUT2D eigenvalue weighted by Gasteiger charge is -2.23. The maximum Gasteiger partial charge on any atom is 0.407 e. The minimum atomic E-state index is -0.894. The second-order valence-corrected chi connectivity index (χ2v) is 8.80. The fourth-order valence-corrected chi connectivity index (χ4v) is 5.05. The SMILES string of the molecule is CCC[C@@H](NC(=O)OCC1c2ccccc2-c2ccccc21)C(=O)N[C@@H]1CCC[C@@H]1C(=O)O. The van der Waals surface area contributed by atoms with E-state index in [4.69, 9.17) is 4.74 Å². The molecule has 2 aliphatic rings. The van der Waals surface area contributed by atoms with E-state index in [0.717, 1.165) is 28.7 Å². The zero-order valence-electron chi connectivity index (χ0n) is 18.8. The number of carboxylic acids is 1. The van der Waals surface area contributed by atoms with Crippen LogP contribution < -0.4 is 10.6 Å². The fourth-order valence-electron chi connectivity index (χ4n) is 5.05. The van der Waals surface area contributed by atoms with Crippen LogP contribution in [0.2, 0.25) is 0 Å². The summed E-state index contributed by atoms with van der Waals surface area (Å²) in [5.74, 6) is -1.89. The number of rotatable bonds is 8. The maximum absolute atomic E-state index is 12.8. The molecule has 0 unspecified atom stereocenters. The van der Waals surface area contributed by atoms with Gasteiger partial charge in [0.2, 0.25) is 5.91 Å². The van der Waals surface area contributed by atoms with Crippen LogP contribution >= 0.6 is 0 Å². The Balaban J connectivity index is 1.38. The molecule has 7 nitrogen and oxygen atoms in total. The summed E-state index contributed by atoms with van der Waals surface area (Å²) >= 11 is 0. The summed E-state index contributed by atoms with van der Waals surface area (Å²) in [7, 11) is 0. The number of aliphatic carboxylic acids is 1. The minimum absolute atomic E-state index is 0.0589. The summed E-state index contributed by atoms with van der Waals surface area (Å²) < 4.78 is 5.57. The van der Waals surface area contributed by atoms with Gasteiger partial charge in [-0.3, -0.25) is 9.59 Å². The van der Waals surface area contributed by atoms with Gasteiger partial charge >= 0.3 is 12.1 Å². The van der Waals surface area contributed by atoms with Gasteiger partial charge in [0.1, 0.15) is 12.6 Å². The van der Waals surface area contributed by atoms with Crippen LogP contribution in [0, 0.1) is 5.92 Å². The first-order chi connectivity index (χ1) is 16.0. The van der Waals surface area contributed by atoms with Crippen molar-refractivity contribution in [3.05, 3.63) is 59.7 Å². The number of benzene rings is 2. The summed E-state index contributed by atoms with van der Waals surface area (Å²) in [6.45, 7) is 2.10. The molecule has 0 spiro atoms. The standard InChI is InChI=1S/C26H30N2O5/c1-2-8-23(24(29)27-22-14-7-13-20(22)25(30)31)28-26(32)33-15-21-18-11-5-3-9-16(18)17-10-4-6-12-19(17)21/h3-6,9-12,20-23H,2,7-8,13-15H2,1H3,(H,27,29)(H,28,32)(H,30,31)/t20-,22+,23+/m0/s1. The van der Waals surface area contributed by atoms with Gasteiger partial charge in [-0.2, -0.15) is 0 Å². The minimum Gasteiger partial charge on any atom is -0.481 e.